The standard InChI is InChI=1S/C14H17ClN2O/c1-17-9-11-8-12(15)2-3-13(11)18-10-14(4-5-14)6-7-16/h2-3,8,17H,4-6,9-10H2,1H3. The molecule has 1 aliphatic carbocycles. The molecule has 0 aliphatic heterocycles. The molecule has 0 aromatic heterocycles. The maximum atomic E-state index is 8.78. The summed E-state index contributed by atoms with van der Waals surface area (Å²) in [6.07, 6.45) is 2.77. The number of hydrogen-bond acceptors (Lipinski definition) is 3. The number of nitriles is 1. The summed E-state index contributed by atoms with van der Waals surface area (Å²) in [5, 5.41) is 12.6. The van der Waals surface area contributed by atoms with Crippen molar-refractivity contribution in [1.82, 2.24) is 5.32 Å². The second-order valence-electron chi connectivity index (χ2n) is 4.91. The predicted octanol–water partition coefficient (Wildman–Crippen LogP) is 3.13. The molecule has 0 spiro atoms. The van der Waals surface area contributed by atoms with E-state index in [2.05, 4.69) is 11.4 Å². The number of halogens is 1. The Morgan fingerprint density at radius 3 is 2.89 bits per heavy atom. The van der Waals surface area contributed by atoms with Crippen LogP contribution in [0.3, 0.4) is 0 Å². The molecule has 0 atom stereocenters. The summed E-state index contributed by atoms with van der Waals surface area (Å²) >= 11 is 5.98. The van der Waals surface area contributed by atoms with Crippen LogP contribution in [0.4, 0.5) is 0 Å². The van der Waals surface area contributed by atoms with Crippen LogP contribution in [0.1, 0.15) is 24.8 Å². The van der Waals surface area contributed by atoms with E-state index >= 15 is 0 Å². The Hall–Kier alpha value is -1.24. The molecular formula is C14H17ClN2O. The van der Waals surface area contributed by atoms with Crippen LogP contribution in [0.2, 0.25) is 5.02 Å². The Morgan fingerprint density at radius 1 is 1.50 bits per heavy atom. The number of ether oxygens (including phenoxy) is 1. The molecule has 96 valence electrons. The van der Waals surface area contributed by atoms with Crippen molar-refractivity contribution in [1.29, 1.82) is 5.26 Å². The minimum atomic E-state index is 0.102. The highest BCUT2D eigenvalue weighted by Gasteiger charge is 2.43. The summed E-state index contributed by atoms with van der Waals surface area (Å²) in [5.41, 5.74) is 1.16. The predicted molar refractivity (Wildman–Crippen MR) is 71.6 cm³/mol. The van der Waals surface area contributed by atoms with Gasteiger partial charge in [0.05, 0.1) is 12.7 Å². The first-order valence-corrected chi connectivity index (χ1v) is 6.50. The third kappa shape index (κ3) is 3.16. The SMILES string of the molecule is CNCc1cc(Cl)ccc1OCC1(CC#N)CC1. The van der Waals surface area contributed by atoms with E-state index in [0.29, 0.717) is 18.1 Å². The van der Waals surface area contributed by atoms with Crippen molar-refractivity contribution in [2.24, 2.45) is 5.41 Å². The molecule has 1 aromatic carbocycles. The van der Waals surface area contributed by atoms with Gasteiger partial charge < -0.3 is 10.1 Å². The van der Waals surface area contributed by atoms with Crippen molar-refractivity contribution < 1.29 is 4.74 Å². The lowest BCUT2D eigenvalue weighted by Crippen LogP contribution is -2.14. The summed E-state index contributed by atoms with van der Waals surface area (Å²) in [6, 6.07) is 7.89. The quantitative estimate of drug-likeness (QED) is 0.859. The normalized spacial score (nSPS) is 16.1. The Kier molecular flexibility index (Phi) is 4.11. The van der Waals surface area contributed by atoms with Gasteiger partial charge in [0.15, 0.2) is 0 Å². The summed E-state index contributed by atoms with van der Waals surface area (Å²) in [6.45, 7) is 1.35. The number of nitrogens with zero attached hydrogens (tertiary/aromatic N) is 1. The molecular weight excluding hydrogens is 248 g/mol. The molecule has 4 heteroatoms. The first-order chi connectivity index (χ1) is 8.69. The van der Waals surface area contributed by atoms with E-state index in [4.69, 9.17) is 21.6 Å². The zero-order chi connectivity index (χ0) is 13.0. The van der Waals surface area contributed by atoms with Gasteiger partial charge in [-0.05, 0) is 38.1 Å². The minimum absolute atomic E-state index is 0.102. The van der Waals surface area contributed by atoms with Gasteiger partial charge in [0, 0.05) is 29.0 Å². The summed E-state index contributed by atoms with van der Waals surface area (Å²) in [4.78, 5) is 0. The zero-order valence-electron chi connectivity index (χ0n) is 10.5. The van der Waals surface area contributed by atoms with Crippen LogP contribution in [0.25, 0.3) is 0 Å². The largest absolute Gasteiger partial charge is 0.493 e. The Bertz CT molecular complexity index is 463. The van der Waals surface area contributed by atoms with E-state index < -0.39 is 0 Å². The van der Waals surface area contributed by atoms with Gasteiger partial charge in [-0.25, -0.2) is 0 Å². The molecule has 1 aromatic rings. The molecule has 1 saturated carbocycles. The molecule has 18 heavy (non-hydrogen) atoms. The van der Waals surface area contributed by atoms with E-state index in [1.165, 1.54) is 0 Å². The molecule has 1 fully saturated rings. The average molecular weight is 265 g/mol. The van der Waals surface area contributed by atoms with Gasteiger partial charge in [0.25, 0.3) is 0 Å². The van der Waals surface area contributed by atoms with Gasteiger partial charge in [-0.15, -0.1) is 0 Å². The van der Waals surface area contributed by atoms with Gasteiger partial charge in [-0.2, -0.15) is 5.26 Å². The monoisotopic (exact) mass is 264 g/mol. The van der Waals surface area contributed by atoms with Crippen LogP contribution < -0.4 is 10.1 Å². The first kappa shape index (κ1) is 13.2. The van der Waals surface area contributed by atoms with E-state index in [1.54, 1.807) is 0 Å². The highest BCUT2D eigenvalue weighted by atomic mass is 35.5. The second kappa shape index (κ2) is 5.60. The minimum Gasteiger partial charge on any atom is -0.493 e. The number of nitrogens with one attached hydrogen (secondary N) is 1. The molecule has 1 aliphatic rings. The third-order valence-corrected chi connectivity index (χ3v) is 3.57. The molecule has 2 rings (SSSR count). The molecule has 3 nitrogen and oxygen atoms in total. The average Bonchev–Trinajstić information content (AvgIpc) is 3.09. The molecule has 0 radical (unpaired) electrons. The van der Waals surface area contributed by atoms with Crippen LogP contribution in [0, 0.1) is 16.7 Å². The summed E-state index contributed by atoms with van der Waals surface area (Å²) < 4.78 is 5.87. The van der Waals surface area contributed by atoms with Crippen LogP contribution in [0.15, 0.2) is 18.2 Å². The maximum Gasteiger partial charge on any atom is 0.123 e. The van der Waals surface area contributed by atoms with E-state index in [9.17, 15) is 0 Å². The van der Waals surface area contributed by atoms with Crippen LogP contribution in [-0.4, -0.2) is 13.7 Å². The van der Waals surface area contributed by atoms with Crippen LogP contribution in [0.5, 0.6) is 5.75 Å². The summed E-state index contributed by atoms with van der Waals surface area (Å²) in [5.74, 6) is 0.859. The highest BCUT2D eigenvalue weighted by Crippen LogP contribution is 2.48. The van der Waals surface area contributed by atoms with E-state index in [1.807, 2.05) is 25.2 Å². The lowest BCUT2D eigenvalue weighted by Gasteiger charge is -2.16. The highest BCUT2D eigenvalue weighted by molar-refractivity contribution is 6.30. The van der Waals surface area contributed by atoms with Crippen molar-refractivity contribution in [2.45, 2.75) is 25.8 Å². The number of rotatable bonds is 6. The lowest BCUT2D eigenvalue weighted by atomic mass is 10.1. The van der Waals surface area contributed by atoms with Crippen molar-refractivity contribution in [2.75, 3.05) is 13.7 Å². The fourth-order valence-electron chi connectivity index (χ4n) is 1.96. The fraction of sp³-hybridized carbons (Fsp3) is 0.500. The Balaban J connectivity index is 2.03. The lowest BCUT2D eigenvalue weighted by molar-refractivity contribution is 0.234. The van der Waals surface area contributed by atoms with E-state index in [0.717, 1.165) is 30.7 Å². The fourth-order valence-corrected chi connectivity index (χ4v) is 2.16. The van der Waals surface area contributed by atoms with Gasteiger partial charge >= 0.3 is 0 Å². The topological polar surface area (TPSA) is 45.0 Å². The smallest absolute Gasteiger partial charge is 0.123 e. The molecule has 0 saturated heterocycles. The second-order valence-corrected chi connectivity index (χ2v) is 5.34. The number of hydrogen-bond donors (Lipinski definition) is 1. The van der Waals surface area contributed by atoms with Crippen LogP contribution >= 0.6 is 11.6 Å². The van der Waals surface area contributed by atoms with Crippen molar-refractivity contribution in [3.63, 3.8) is 0 Å². The summed E-state index contributed by atoms with van der Waals surface area (Å²) in [7, 11) is 1.89. The molecule has 0 heterocycles. The van der Waals surface area contributed by atoms with E-state index in [-0.39, 0.29) is 5.41 Å². The van der Waals surface area contributed by atoms with Crippen LogP contribution in [-0.2, 0) is 6.54 Å². The molecule has 1 N–H and O–H groups in total. The molecule has 0 bridgehead atoms. The van der Waals surface area contributed by atoms with Crippen molar-refractivity contribution in [3.8, 4) is 11.8 Å². The van der Waals surface area contributed by atoms with Crippen molar-refractivity contribution in [3.05, 3.63) is 28.8 Å². The Morgan fingerprint density at radius 2 is 2.28 bits per heavy atom. The van der Waals surface area contributed by atoms with Gasteiger partial charge in [-0.3, -0.25) is 0 Å². The zero-order valence-corrected chi connectivity index (χ0v) is 11.3. The number of benzene rings is 1. The molecule has 0 unspecified atom stereocenters. The van der Waals surface area contributed by atoms with Crippen molar-refractivity contribution >= 4 is 11.6 Å². The Labute approximate surface area is 113 Å². The first-order valence-electron chi connectivity index (χ1n) is 6.12. The van der Waals surface area contributed by atoms with Gasteiger partial charge in [0.2, 0.25) is 0 Å². The third-order valence-electron chi connectivity index (χ3n) is 3.33. The van der Waals surface area contributed by atoms with Gasteiger partial charge in [-0.1, -0.05) is 11.6 Å². The maximum absolute atomic E-state index is 8.78. The molecule has 0 amide bonds. The van der Waals surface area contributed by atoms with Gasteiger partial charge in [0.1, 0.15) is 5.75 Å².